The number of rotatable bonds is 10. The van der Waals surface area contributed by atoms with Crippen molar-refractivity contribution in [1.29, 1.82) is 0 Å². The summed E-state index contributed by atoms with van der Waals surface area (Å²) in [6.45, 7) is 6.57. The molecule has 0 spiro atoms. The van der Waals surface area contributed by atoms with Crippen molar-refractivity contribution in [3.8, 4) is 34.1 Å². The summed E-state index contributed by atoms with van der Waals surface area (Å²) in [4.78, 5) is 0. The standard InChI is InChI=1S/C32H36N2O2/c1-4-31(32(34,5-2)6-3)25-11-19-29(20-12-25)35-27-15-7-23(8-16-27)24-9-17-28(18-10-24)36-30-21-13-26(33)14-22-30/h7-22,31H,4-6,33-34H2,1-3H3. The highest BCUT2D eigenvalue weighted by atomic mass is 16.5. The van der Waals surface area contributed by atoms with E-state index < -0.39 is 0 Å². The maximum absolute atomic E-state index is 6.71. The average Bonchev–Trinajstić information content (AvgIpc) is 2.92. The van der Waals surface area contributed by atoms with Crippen molar-refractivity contribution in [3.63, 3.8) is 0 Å². The molecule has 4 heteroatoms. The number of nitrogen functional groups attached to an aromatic ring is 1. The van der Waals surface area contributed by atoms with Gasteiger partial charge in [-0.25, -0.2) is 0 Å². The van der Waals surface area contributed by atoms with Gasteiger partial charge >= 0.3 is 0 Å². The van der Waals surface area contributed by atoms with Gasteiger partial charge in [0.2, 0.25) is 0 Å². The topological polar surface area (TPSA) is 70.5 Å². The highest BCUT2D eigenvalue weighted by Gasteiger charge is 2.31. The molecule has 0 fully saturated rings. The van der Waals surface area contributed by atoms with Gasteiger partial charge in [-0.3, -0.25) is 0 Å². The zero-order valence-electron chi connectivity index (χ0n) is 21.4. The van der Waals surface area contributed by atoms with Gasteiger partial charge in [0.25, 0.3) is 0 Å². The third kappa shape index (κ3) is 5.89. The molecule has 36 heavy (non-hydrogen) atoms. The maximum Gasteiger partial charge on any atom is 0.127 e. The largest absolute Gasteiger partial charge is 0.457 e. The molecule has 0 aromatic heterocycles. The number of hydrogen-bond acceptors (Lipinski definition) is 4. The Morgan fingerprint density at radius 3 is 1.31 bits per heavy atom. The summed E-state index contributed by atoms with van der Waals surface area (Å²) >= 11 is 0. The number of nitrogens with two attached hydrogens (primary N) is 2. The SMILES string of the molecule is CCC(c1ccc(Oc2ccc(-c3ccc(Oc4ccc(N)cc4)cc3)cc2)cc1)C(N)(CC)CC. The Bertz CT molecular complexity index is 1230. The third-order valence-corrected chi connectivity index (χ3v) is 7.09. The maximum atomic E-state index is 6.71. The predicted molar refractivity (Wildman–Crippen MR) is 150 cm³/mol. The minimum absolute atomic E-state index is 0.173. The summed E-state index contributed by atoms with van der Waals surface area (Å²) in [6, 6.07) is 31.9. The van der Waals surface area contributed by atoms with Gasteiger partial charge in [0.1, 0.15) is 23.0 Å². The van der Waals surface area contributed by atoms with E-state index in [0.717, 1.165) is 53.4 Å². The van der Waals surface area contributed by atoms with Gasteiger partial charge in [-0.1, -0.05) is 57.2 Å². The monoisotopic (exact) mass is 480 g/mol. The van der Waals surface area contributed by atoms with Crippen molar-refractivity contribution in [2.24, 2.45) is 5.73 Å². The van der Waals surface area contributed by atoms with Crippen LogP contribution in [-0.4, -0.2) is 5.54 Å². The smallest absolute Gasteiger partial charge is 0.127 e. The van der Waals surface area contributed by atoms with Crippen LogP contribution in [0.2, 0.25) is 0 Å². The van der Waals surface area contributed by atoms with E-state index in [9.17, 15) is 0 Å². The molecule has 0 radical (unpaired) electrons. The Hall–Kier alpha value is -3.76. The Kier molecular flexibility index (Phi) is 7.97. The molecule has 1 atom stereocenters. The second-order valence-corrected chi connectivity index (χ2v) is 9.29. The van der Waals surface area contributed by atoms with Crippen molar-refractivity contribution in [2.75, 3.05) is 5.73 Å². The molecule has 4 rings (SSSR count). The van der Waals surface area contributed by atoms with Crippen LogP contribution in [0.3, 0.4) is 0 Å². The highest BCUT2D eigenvalue weighted by Crippen LogP contribution is 2.36. The molecule has 0 saturated heterocycles. The zero-order chi connectivity index (χ0) is 25.5. The minimum atomic E-state index is -0.173. The molecule has 0 bridgehead atoms. The van der Waals surface area contributed by atoms with Gasteiger partial charge in [-0.2, -0.15) is 0 Å². The zero-order valence-corrected chi connectivity index (χ0v) is 21.4. The molecule has 4 nitrogen and oxygen atoms in total. The lowest BCUT2D eigenvalue weighted by Gasteiger charge is -2.36. The van der Waals surface area contributed by atoms with Crippen molar-refractivity contribution in [1.82, 2.24) is 0 Å². The minimum Gasteiger partial charge on any atom is -0.457 e. The number of hydrogen-bond donors (Lipinski definition) is 2. The quantitative estimate of drug-likeness (QED) is 0.223. The second kappa shape index (κ2) is 11.3. The normalized spacial score (nSPS) is 12.2. The summed E-state index contributed by atoms with van der Waals surface area (Å²) in [5, 5.41) is 0. The van der Waals surface area contributed by atoms with Crippen LogP contribution in [0.15, 0.2) is 97.1 Å². The van der Waals surface area contributed by atoms with E-state index in [1.165, 1.54) is 5.56 Å². The fourth-order valence-electron chi connectivity index (χ4n) is 4.72. The molecule has 4 N–H and O–H groups in total. The molecule has 0 aliphatic rings. The average molecular weight is 481 g/mol. The molecule has 0 heterocycles. The van der Waals surface area contributed by atoms with Gasteiger partial charge in [0.15, 0.2) is 0 Å². The van der Waals surface area contributed by atoms with E-state index in [4.69, 9.17) is 20.9 Å². The van der Waals surface area contributed by atoms with E-state index in [2.05, 4.69) is 57.2 Å². The summed E-state index contributed by atoms with van der Waals surface area (Å²) in [6.07, 6.45) is 2.95. The van der Waals surface area contributed by atoms with E-state index >= 15 is 0 Å². The Labute approximate surface area is 214 Å². The molecule has 0 amide bonds. The lowest BCUT2D eigenvalue weighted by Crippen LogP contribution is -2.44. The van der Waals surface area contributed by atoms with Crippen molar-refractivity contribution >= 4 is 5.69 Å². The Balaban J connectivity index is 1.40. The van der Waals surface area contributed by atoms with Crippen LogP contribution in [0, 0.1) is 0 Å². The highest BCUT2D eigenvalue weighted by molar-refractivity contribution is 5.65. The van der Waals surface area contributed by atoms with E-state index in [-0.39, 0.29) is 5.54 Å². The summed E-state index contributed by atoms with van der Waals surface area (Å²) in [5.41, 5.74) is 16.5. The summed E-state index contributed by atoms with van der Waals surface area (Å²) in [5.74, 6) is 3.50. The molecular formula is C32H36N2O2. The first-order valence-electron chi connectivity index (χ1n) is 12.7. The van der Waals surface area contributed by atoms with Gasteiger partial charge in [-0.15, -0.1) is 0 Å². The van der Waals surface area contributed by atoms with Crippen LogP contribution in [0.25, 0.3) is 11.1 Å². The van der Waals surface area contributed by atoms with Gasteiger partial charge in [0.05, 0.1) is 0 Å². The summed E-state index contributed by atoms with van der Waals surface area (Å²) < 4.78 is 12.0. The van der Waals surface area contributed by atoms with Crippen LogP contribution in [0.4, 0.5) is 5.69 Å². The molecule has 186 valence electrons. The summed E-state index contributed by atoms with van der Waals surface area (Å²) in [7, 11) is 0. The Morgan fingerprint density at radius 1 is 0.583 bits per heavy atom. The lowest BCUT2D eigenvalue weighted by molar-refractivity contribution is 0.313. The first-order chi connectivity index (χ1) is 17.4. The molecule has 0 saturated carbocycles. The molecule has 0 aliphatic heterocycles. The molecular weight excluding hydrogens is 444 g/mol. The Morgan fingerprint density at radius 2 is 0.944 bits per heavy atom. The van der Waals surface area contributed by atoms with Crippen LogP contribution >= 0.6 is 0 Å². The number of benzene rings is 4. The fourth-order valence-corrected chi connectivity index (χ4v) is 4.72. The van der Waals surface area contributed by atoms with Crippen molar-refractivity contribution in [3.05, 3.63) is 103 Å². The van der Waals surface area contributed by atoms with Gasteiger partial charge in [0, 0.05) is 17.1 Å². The first kappa shape index (κ1) is 25.3. The number of ether oxygens (including phenoxy) is 2. The van der Waals surface area contributed by atoms with Crippen molar-refractivity contribution < 1.29 is 9.47 Å². The lowest BCUT2D eigenvalue weighted by atomic mass is 9.75. The van der Waals surface area contributed by atoms with E-state index in [1.807, 2.05) is 60.7 Å². The molecule has 1 unspecified atom stereocenters. The van der Waals surface area contributed by atoms with Crippen LogP contribution in [0.1, 0.15) is 51.5 Å². The van der Waals surface area contributed by atoms with Gasteiger partial charge < -0.3 is 20.9 Å². The molecule has 0 aliphatic carbocycles. The third-order valence-electron chi connectivity index (χ3n) is 7.09. The molecule has 4 aromatic carbocycles. The van der Waals surface area contributed by atoms with Gasteiger partial charge in [-0.05, 0) is 96.6 Å². The number of anilines is 1. The molecule has 4 aromatic rings. The second-order valence-electron chi connectivity index (χ2n) is 9.29. The van der Waals surface area contributed by atoms with E-state index in [1.54, 1.807) is 0 Å². The fraction of sp³-hybridized carbons (Fsp3) is 0.250. The predicted octanol–water partition coefficient (Wildman–Crippen LogP) is 8.53. The van der Waals surface area contributed by atoms with Crippen LogP contribution < -0.4 is 20.9 Å². The van der Waals surface area contributed by atoms with Crippen LogP contribution in [0.5, 0.6) is 23.0 Å². The van der Waals surface area contributed by atoms with Crippen molar-refractivity contribution in [2.45, 2.75) is 51.5 Å². The first-order valence-corrected chi connectivity index (χ1v) is 12.7. The van der Waals surface area contributed by atoms with Crippen LogP contribution in [-0.2, 0) is 0 Å². The van der Waals surface area contributed by atoms with E-state index in [0.29, 0.717) is 11.6 Å².